The SMILES string of the molecule is C[C@H](N)c1ccnc(N2CCC2)c1. The molecule has 0 radical (unpaired) electrons. The van der Waals surface area contributed by atoms with Crippen LogP contribution in [0.1, 0.15) is 24.9 Å². The van der Waals surface area contributed by atoms with Gasteiger partial charge in [0.25, 0.3) is 0 Å². The van der Waals surface area contributed by atoms with Crippen LogP contribution in [0.2, 0.25) is 0 Å². The summed E-state index contributed by atoms with van der Waals surface area (Å²) in [4.78, 5) is 6.58. The number of nitrogens with zero attached hydrogens (tertiary/aromatic N) is 2. The lowest BCUT2D eigenvalue weighted by Crippen LogP contribution is -2.37. The third-order valence-corrected chi connectivity index (χ3v) is 2.48. The maximum Gasteiger partial charge on any atom is 0.128 e. The van der Waals surface area contributed by atoms with Crippen molar-refractivity contribution in [3.63, 3.8) is 0 Å². The van der Waals surface area contributed by atoms with E-state index in [1.807, 2.05) is 19.2 Å². The summed E-state index contributed by atoms with van der Waals surface area (Å²) in [5, 5.41) is 0. The molecule has 1 aromatic heterocycles. The van der Waals surface area contributed by atoms with E-state index in [-0.39, 0.29) is 6.04 Å². The summed E-state index contributed by atoms with van der Waals surface area (Å²) < 4.78 is 0. The van der Waals surface area contributed by atoms with Gasteiger partial charge in [0.05, 0.1) is 0 Å². The van der Waals surface area contributed by atoms with Crippen LogP contribution in [-0.4, -0.2) is 18.1 Å². The fraction of sp³-hybridized carbons (Fsp3) is 0.500. The quantitative estimate of drug-likeness (QED) is 0.740. The van der Waals surface area contributed by atoms with Gasteiger partial charge >= 0.3 is 0 Å². The van der Waals surface area contributed by atoms with Crippen LogP contribution in [-0.2, 0) is 0 Å². The minimum atomic E-state index is 0.100. The molecule has 13 heavy (non-hydrogen) atoms. The summed E-state index contributed by atoms with van der Waals surface area (Å²) in [6.07, 6.45) is 3.12. The van der Waals surface area contributed by atoms with Crippen molar-refractivity contribution in [2.75, 3.05) is 18.0 Å². The average Bonchev–Trinajstić information content (AvgIpc) is 2.01. The number of hydrogen-bond acceptors (Lipinski definition) is 3. The molecule has 0 amide bonds. The molecule has 0 saturated carbocycles. The van der Waals surface area contributed by atoms with E-state index in [0.29, 0.717) is 0 Å². The summed E-state index contributed by atoms with van der Waals surface area (Å²) >= 11 is 0. The molecule has 0 bridgehead atoms. The van der Waals surface area contributed by atoms with Gasteiger partial charge in [-0.2, -0.15) is 0 Å². The minimum absolute atomic E-state index is 0.100. The molecule has 1 atom stereocenters. The van der Waals surface area contributed by atoms with Gasteiger partial charge in [-0.25, -0.2) is 4.98 Å². The zero-order chi connectivity index (χ0) is 9.26. The Morgan fingerprint density at radius 3 is 2.85 bits per heavy atom. The van der Waals surface area contributed by atoms with Gasteiger partial charge in [-0.1, -0.05) is 0 Å². The third kappa shape index (κ3) is 1.65. The van der Waals surface area contributed by atoms with E-state index in [9.17, 15) is 0 Å². The lowest BCUT2D eigenvalue weighted by molar-refractivity contribution is 0.608. The molecule has 1 saturated heterocycles. The minimum Gasteiger partial charge on any atom is -0.356 e. The van der Waals surface area contributed by atoms with Crippen molar-refractivity contribution in [2.24, 2.45) is 5.73 Å². The fourth-order valence-electron chi connectivity index (χ4n) is 1.44. The Balaban J connectivity index is 2.21. The zero-order valence-corrected chi connectivity index (χ0v) is 7.90. The van der Waals surface area contributed by atoms with E-state index >= 15 is 0 Å². The second-order valence-corrected chi connectivity index (χ2v) is 3.58. The van der Waals surface area contributed by atoms with Gasteiger partial charge in [0.2, 0.25) is 0 Å². The fourth-order valence-corrected chi connectivity index (χ4v) is 1.44. The molecule has 2 N–H and O–H groups in total. The highest BCUT2D eigenvalue weighted by molar-refractivity contribution is 5.43. The third-order valence-electron chi connectivity index (χ3n) is 2.48. The molecule has 0 unspecified atom stereocenters. The van der Waals surface area contributed by atoms with Gasteiger partial charge in [0.15, 0.2) is 0 Å². The monoisotopic (exact) mass is 177 g/mol. The highest BCUT2D eigenvalue weighted by Gasteiger charge is 2.15. The number of rotatable bonds is 2. The van der Waals surface area contributed by atoms with Gasteiger partial charge in [-0.05, 0) is 31.0 Å². The lowest BCUT2D eigenvalue weighted by Gasteiger charge is -2.32. The molecular formula is C10H15N3. The van der Waals surface area contributed by atoms with Gasteiger partial charge in [0.1, 0.15) is 5.82 Å². The van der Waals surface area contributed by atoms with E-state index < -0.39 is 0 Å². The summed E-state index contributed by atoms with van der Waals surface area (Å²) in [6, 6.07) is 4.17. The van der Waals surface area contributed by atoms with Crippen molar-refractivity contribution in [2.45, 2.75) is 19.4 Å². The van der Waals surface area contributed by atoms with Crippen molar-refractivity contribution >= 4 is 5.82 Å². The second kappa shape index (κ2) is 3.34. The molecule has 1 aliphatic rings. The normalized spacial score (nSPS) is 18.2. The first kappa shape index (κ1) is 8.51. The molecule has 2 rings (SSSR count). The largest absolute Gasteiger partial charge is 0.356 e. The van der Waals surface area contributed by atoms with Gasteiger partial charge in [0, 0.05) is 25.3 Å². The Hall–Kier alpha value is -1.09. The topological polar surface area (TPSA) is 42.1 Å². The Morgan fingerprint density at radius 1 is 1.54 bits per heavy atom. The van der Waals surface area contributed by atoms with E-state index in [2.05, 4.69) is 16.0 Å². The maximum absolute atomic E-state index is 5.80. The summed E-state index contributed by atoms with van der Waals surface area (Å²) in [5.41, 5.74) is 6.96. The number of nitrogens with two attached hydrogens (primary N) is 1. The number of anilines is 1. The van der Waals surface area contributed by atoms with Crippen LogP contribution in [0.25, 0.3) is 0 Å². The molecular weight excluding hydrogens is 162 g/mol. The second-order valence-electron chi connectivity index (χ2n) is 3.58. The Bertz CT molecular complexity index is 292. The predicted molar refractivity (Wildman–Crippen MR) is 53.7 cm³/mol. The average molecular weight is 177 g/mol. The Labute approximate surface area is 78.6 Å². The van der Waals surface area contributed by atoms with Gasteiger partial charge in [-0.15, -0.1) is 0 Å². The van der Waals surface area contributed by atoms with Crippen molar-refractivity contribution in [3.05, 3.63) is 23.9 Å². The lowest BCUT2D eigenvalue weighted by atomic mass is 10.1. The van der Waals surface area contributed by atoms with Crippen LogP contribution >= 0.6 is 0 Å². The standard InChI is InChI=1S/C10H15N3/c1-8(11)9-3-4-12-10(7-9)13-5-2-6-13/h3-4,7-8H,2,5-6,11H2,1H3/t8-/m0/s1. The van der Waals surface area contributed by atoms with E-state index in [0.717, 1.165) is 24.5 Å². The molecule has 0 aliphatic carbocycles. The van der Waals surface area contributed by atoms with E-state index in [1.165, 1.54) is 6.42 Å². The van der Waals surface area contributed by atoms with Crippen LogP contribution in [0.15, 0.2) is 18.3 Å². The molecule has 1 aliphatic heterocycles. The van der Waals surface area contributed by atoms with Crippen molar-refractivity contribution in [1.29, 1.82) is 0 Å². The Kier molecular flexibility index (Phi) is 2.19. The number of hydrogen-bond donors (Lipinski definition) is 1. The van der Waals surface area contributed by atoms with Crippen LogP contribution in [0.5, 0.6) is 0 Å². The molecule has 0 spiro atoms. The van der Waals surface area contributed by atoms with Crippen molar-refractivity contribution < 1.29 is 0 Å². The van der Waals surface area contributed by atoms with Crippen LogP contribution in [0, 0.1) is 0 Å². The molecule has 1 aromatic rings. The van der Waals surface area contributed by atoms with Crippen molar-refractivity contribution in [1.82, 2.24) is 4.98 Å². The van der Waals surface area contributed by atoms with Crippen LogP contribution < -0.4 is 10.6 Å². The highest BCUT2D eigenvalue weighted by Crippen LogP contribution is 2.20. The molecule has 1 fully saturated rings. The molecule has 2 heterocycles. The van der Waals surface area contributed by atoms with E-state index in [1.54, 1.807) is 0 Å². The molecule has 70 valence electrons. The first-order valence-corrected chi connectivity index (χ1v) is 4.74. The first-order valence-electron chi connectivity index (χ1n) is 4.74. The summed E-state index contributed by atoms with van der Waals surface area (Å²) in [6.45, 7) is 4.26. The Morgan fingerprint density at radius 2 is 2.31 bits per heavy atom. The molecule has 3 heteroatoms. The maximum atomic E-state index is 5.80. The van der Waals surface area contributed by atoms with Crippen LogP contribution in [0.4, 0.5) is 5.82 Å². The highest BCUT2D eigenvalue weighted by atomic mass is 15.2. The number of pyridine rings is 1. The first-order chi connectivity index (χ1) is 6.27. The molecule has 0 aromatic carbocycles. The van der Waals surface area contributed by atoms with Crippen molar-refractivity contribution in [3.8, 4) is 0 Å². The predicted octanol–water partition coefficient (Wildman–Crippen LogP) is 1.31. The van der Waals surface area contributed by atoms with Gasteiger partial charge < -0.3 is 10.6 Å². The van der Waals surface area contributed by atoms with Gasteiger partial charge in [-0.3, -0.25) is 0 Å². The summed E-state index contributed by atoms with van der Waals surface area (Å²) in [7, 11) is 0. The zero-order valence-electron chi connectivity index (χ0n) is 7.90. The van der Waals surface area contributed by atoms with Crippen LogP contribution in [0.3, 0.4) is 0 Å². The molecule has 3 nitrogen and oxygen atoms in total. The number of aromatic nitrogens is 1. The van der Waals surface area contributed by atoms with E-state index in [4.69, 9.17) is 5.73 Å². The smallest absolute Gasteiger partial charge is 0.128 e. The summed E-state index contributed by atoms with van der Waals surface area (Å²) in [5.74, 6) is 1.07.